The van der Waals surface area contributed by atoms with Crippen LogP contribution in [-0.2, 0) is 10.0 Å². The number of para-hydroxylation sites is 1. The van der Waals surface area contributed by atoms with E-state index in [9.17, 15) is 8.42 Å². The lowest BCUT2D eigenvalue weighted by Crippen LogP contribution is -2.32. The summed E-state index contributed by atoms with van der Waals surface area (Å²) in [5.41, 5.74) is 0.917. The molecule has 1 fully saturated rings. The Labute approximate surface area is 210 Å². The van der Waals surface area contributed by atoms with Gasteiger partial charge in [-0.05, 0) is 67.9 Å². The fourth-order valence-corrected chi connectivity index (χ4v) is 6.24. The SMILES string of the molecule is CN(C)c1nc(NC[C@H]2CC[C@H](CNS(=O)(=O)c3ccc(Cl)cc3Cl)CC2)nc2ccccc12. The van der Waals surface area contributed by atoms with Crippen LogP contribution in [0.15, 0.2) is 47.4 Å². The molecule has 1 aliphatic rings. The molecule has 3 aromatic rings. The van der Waals surface area contributed by atoms with E-state index in [1.807, 2.05) is 43.3 Å². The highest BCUT2D eigenvalue weighted by molar-refractivity contribution is 7.89. The van der Waals surface area contributed by atoms with Crippen molar-refractivity contribution < 1.29 is 8.42 Å². The number of nitrogens with zero attached hydrogens (tertiary/aromatic N) is 3. The minimum atomic E-state index is -3.67. The van der Waals surface area contributed by atoms with Crippen LogP contribution in [0.2, 0.25) is 10.0 Å². The molecule has 0 aliphatic heterocycles. The monoisotopic (exact) mass is 521 g/mol. The van der Waals surface area contributed by atoms with Crippen LogP contribution >= 0.6 is 23.2 Å². The smallest absolute Gasteiger partial charge is 0.242 e. The lowest BCUT2D eigenvalue weighted by molar-refractivity contribution is 0.284. The number of sulfonamides is 1. The highest BCUT2D eigenvalue weighted by Crippen LogP contribution is 2.30. The average Bonchev–Trinajstić information content (AvgIpc) is 2.81. The Hall–Kier alpha value is -2.13. The van der Waals surface area contributed by atoms with Gasteiger partial charge in [0.2, 0.25) is 16.0 Å². The Bertz CT molecular complexity index is 1260. The highest BCUT2D eigenvalue weighted by atomic mass is 35.5. The average molecular weight is 523 g/mol. The van der Waals surface area contributed by atoms with Gasteiger partial charge in [-0.25, -0.2) is 18.1 Å². The first kappa shape index (κ1) is 25.0. The van der Waals surface area contributed by atoms with Crippen molar-refractivity contribution in [1.82, 2.24) is 14.7 Å². The van der Waals surface area contributed by atoms with E-state index in [0.29, 0.717) is 29.4 Å². The van der Waals surface area contributed by atoms with E-state index in [4.69, 9.17) is 28.2 Å². The molecular weight excluding hydrogens is 493 g/mol. The molecule has 1 aromatic heterocycles. The van der Waals surface area contributed by atoms with Crippen LogP contribution < -0.4 is 14.9 Å². The second-order valence-electron chi connectivity index (χ2n) is 8.98. The van der Waals surface area contributed by atoms with Gasteiger partial charge >= 0.3 is 0 Å². The van der Waals surface area contributed by atoms with E-state index in [2.05, 4.69) is 15.0 Å². The van der Waals surface area contributed by atoms with Crippen LogP contribution in [0.5, 0.6) is 0 Å². The third-order valence-corrected chi connectivity index (χ3v) is 8.41. The second-order valence-corrected chi connectivity index (χ2v) is 11.6. The third-order valence-electron chi connectivity index (χ3n) is 6.27. The van der Waals surface area contributed by atoms with Crippen molar-refractivity contribution in [3.63, 3.8) is 0 Å². The largest absolute Gasteiger partial charge is 0.362 e. The molecule has 10 heteroatoms. The lowest BCUT2D eigenvalue weighted by atomic mass is 9.82. The predicted molar refractivity (Wildman–Crippen MR) is 139 cm³/mol. The zero-order chi connectivity index (χ0) is 24.3. The molecule has 0 radical (unpaired) electrons. The maximum atomic E-state index is 12.6. The first-order chi connectivity index (χ1) is 16.2. The number of nitrogens with one attached hydrogen (secondary N) is 2. The van der Waals surface area contributed by atoms with E-state index in [1.165, 1.54) is 18.2 Å². The van der Waals surface area contributed by atoms with Gasteiger partial charge < -0.3 is 10.2 Å². The van der Waals surface area contributed by atoms with Gasteiger partial charge in [-0.15, -0.1) is 0 Å². The molecule has 2 N–H and O–H groups in total. The standard InChI is InChI=1S/C24H29Cl2N5O2S/c1-31(2)23-19-5-3-4-6-21(19)29-24(30-23)27-14-16-7-9-17(10-8-16)15-28-34(32,33)22-12-11-18(25)13-20(22)26/h3-6,11-13,16-17,28H,7-10,14-15H2,1-2H3,(H,27,29,30)/t16-,17-. The molecular formula is C24H29Cl2N5O2S. The van der Waals surface area contributed by atoms with Crippen LogP contribution in [0.1, 0.15) is 25.7 Å². The predicted octanol–water partition coefficient (Wildman–Crippen LogP) is 5.20. The van der Waals surface area contributed by atoms with E-state index in [0.717, 1.165) is 48.9 Å². The second kappa shape index (κ2) is 10.6. The van der Waals surface area contributed by atoms with Crippen molar-refractivity contribution >= 4 is 55.9 Å². The lowest BCUT2D eigenvalue weighted by Gasteiger charge is -2.29. The fourth-order valence-electron chi connectivity index (χ4n) is 4.35. The molecule has 0 bridgehead atoms. The number of hydrogen-bond donors (Lipinski definition) is 2. The summed E-state index contributed by atoms with van der Waals surface area (Å²) in [6, 6.07) is 12.4. The maximum Gasteiger partial charge on any atom is 0.242 e. The van der Waals surface area contributed by atoms with E-state index in [-0.39, 0.29) is 9.92 Å². The molecule has 1 heterocycles. The van der Waals surface area contributed by atoms with Crippen molar-refractivity contribution in [1.29, 1.82) is 0 Å². The van der Waals surface area contributed by atoms with Crippen LogP contribution in [0.25, 0.3) is 10.9 Å². The van der Waals surface area contributed by atoms with Crippen molar-refractivity contribution in [2.45, 2.75) is 30.6 Å². The zero-order valence-corrected chi connectivity index (χ0v) is 21.6. The van der Waals surface area contributed by atoms with Gasteiger partial charge in [-0.2, -0.15) is 4.98 Å². The molecule has 34 heavy (non-hydrogen) atoms. The Morgan fingerprint density at radius 1 is 0.971 bits per heavy atom. The van der Waals surface area contributed by atoms with Gasteiger partial charge in [-0.1, -0.05) is 35.3 Å². The normalized spacial score (nSPS) is 18.7. The number of fused-ring (bicyclic) bond motifs is 1. The van der Waals surface area contributed by atoms with Gasteiger partial charge in [0.25, 0.3) is 0 Å². The van der Waals surface area contributed by atoms with E-state index < -0.39 is 10.0 Å². The van der Waals surface area contributed by atoms with Crippen LogP contribution in [0.4, 0.5) is 11.8 Å². The van der Waals surface area contributed by atoms with Crippen molar-refractivity contribution in [2.75, 3.05) is 37.4 Å². The molecule has 0 unspecified atom stereocenters. The van der Waals surface area contributed by atoms with E-state index >= 15 is 0 Å². The van der Waals surface area contributed by atoms with Crippen LogP contribution in [0, 0.1) is 11.8 Å². The number of benzene rings is 2. The third kappa shape index (κ3) is 5.92. The molecule has 0 amide bonds. The van der Waals surface area contributed by atoms with Crippen LogP contribution in [0.3, 0.4) is 0 Å². The summed E-state index contributed by atoms with van der Waals surface area (Å²) in [7, 11) is 0.293. The summed E-state index contributed by atoms with van der Waals surface area (Å²) < 4.78 is 28.0. The quantitative estimate of drug-likeness (QED) is 0.423. The Morgan fingerprint density at radius 2 is 1.65 bits per heavy atom. The van der Waals surface area contributed by atoms with Gasteiger partial charge in [0.1, 0.15) is 10.7 Å². The fraction of sp³-hybridized carbons (Fsp3) is 0.417. The first-order valence-electron chi connectivity index (χ1n) is 11.4. The minimum absolute atomic E-state index is 0.0592. The Balaban J connectivity index is 1.29. The van der Waals surface area contributed by atoms with Crippen molar-refractivity contribution in [3.8, 4) is 0 Å². The Kier molecular flexibility index (Phi) is 7.82. The zero-order valence-electron chi connectivity index (χ0n) is 19.3. The minimum Gasteiger partial charge on any atom is -0.362 e. The van der Waals surface area contributed by atoms with Gasteiger partial charge in [0, 0.05) is 37.6 Å². The number of halogens is 2. The number of hydrogen-bond acceptors (Lipinski definition) is 6. The molecule has 7 nitrogen and oxygen atoms in total. The maximum absolute atomic E-state index is 12.6. The molecule has 4 rings (SSSR count). The summed E-state index contributed by atoms with van der Waals surface area (Å²) in [5.74, 6) is 2.33. The molecule has 182 valence electrons. The van der Waals surface area contributed by atoms with Crippen LogP contribution in [-0.4, -0.2) is 45.6 Å². The van der Waals surface area contributed by atoms with Gasteiger partial charge in [-0.3, -0.25) is 0 Å². The summed E-state index contributed by atoms with van der Waals surface area (Å²) in [6.45, 7) is 1.20. The first-order valence-corrected chi connectivity index (χ1v) is 13.6. The molecule has 0 atom stereocenters. The summed E-state index contributed by atoms with van der Waals surface area (Å²) >= 11 is 12.0. The number of rotatable bonds is 8. The summed E-state index contributed by atoms with van der Waals surface area (Å²) in [4.78, 5) is 11.4. The number of anilines is 2. The van der Waals surface area contributed by atoms with E-state index in [1.54, 1.807) is 0 Å². The molecule has 1 saturated carbocycles. The topological polar surface area (TPSA) is 87.2 Å². The van der Waals surface area contributed by atoms with Gasteiger partial charge in [0.05, 0.1) is 10.5 Å². The summed E-state index contributed by atoms with van der Waals surface area (Å²) in [6.07, 6.45) is 3.97. The molecule has 2 aromatic carbocycles. The van der Waals surface area contributed by atoms with Crippen molar-refractivity contribution in [2.24, 2.45) is 11.8 Å². The highest BCUT2D eigenvalue weighted by Gasteiger charge is 2.24. The van der Waals surface area contributed by atoms with Gasteiger partial charge in [0.15, 0.2) is 0 Å². The molecule has 0 saturated heterocycles. The Morgan fingerprint density at radius 3 is 2.32 bits per heavy atom. The summed E-state index contributed by atoms with van der Waals surface area (Å²) in [5, 5.41) is 4.98. The van der Waals surface area contributed by atoms with Crippen molar-refractivity contribution in [3.05, 3.63) is 52.5 Å². The molecule has 0 spiro atoms. The molecule has 1 aliphatic carbocycles. The number of aromatic nitrogens is 2.